The van der Waals surface area contributed by atoms with Gasteiger partial charge in [-0.3, -0.25) is 9.59 Å². The van der Waals surface area contributed by atoms with Crippen molar-refractivity contribution in [2.45, 2.75) is 44.6 Å². The Bertz CT molecular complexity index is 482. The molecule has 0 atom stereocenters. The predicted octanol–water partition coefficient (Wildman–Crippen LogP) is 1.93. The number of nitrogens with one attached hydrogen (secondary N) is 2. The van der Waals surface area contributed by atoms with Crippen LogP contribution in [-0.4, -0.2) is 24.4 Å². The Balaban J connectivity index is 1.68. The zero-order chi connectivity index (χ0) is 15.1. The summed E-state index contributed by atoms with van der Waals surface area (Å²) < 4.78 is 12.7. The third-order valence-electron chi connectivity index (χ3n) is 3.76. The molecule has 1 aliphatic carbocycles. The Morgan fingerprint density at radius 1 is 1.05 bits per heavy atom. The van der Waals surface area contributed by atoms with E-state index in [-0.39, 0.29) is 11.9 Å². The number of hydrogen-bond acceptors (Lipinski definition) is 2. The van der Waals surface area contributed by atoms with Crippen LogP contribution in [0, 0.1) is 5.82 Å². The lowest BCUT2D eigenvalue weighted by molar-refractivity contribution is -0.139. The van der Waals surface area contributed by atoms with Crippen LogP contribution in [0.15, 0.2) is 24.3 Å². The molecule has 0 saturated heterocycles. The van der Waals surface area contributed by atoms with Gasteiger partial charge in [0, 0.05) is 12.6 Å². The SMILES string of the molecule is O=C(NCCc1ccc(F)cc1)C(=O)NC1CCCCC1. The van der Waals surface area contributed by atoms with Crippen molar-refractivity contribution in [1.29, 1.82) is 0 Å². The summed E-state index contributed by atoms with van der Waals surface area (Å²) in [7, 11) is 0. The van der Waals surface area contributed by atoms with E-state index in [1.54, 1.807) is 12.1 Å². The molecule has 114 valence electrons. The largest absolute Gasteiger partial charge is 0.348 e. The van der Waals surface area contributed by atoms with E-state index < -0.39 is 11.8 Å². The topological polar surface area (TPSA) is 58.2 Å². The molecule has 1 saturated carbocycles. The number of benzene rings is 1. The second kappa shape index (κ2) is 7.76. The van der Waals surface area contributed by atoms with Gasteiger partial charge < -0.3 is 10.6 Å². The highest BCUT2D eigenvalue weighted by atomic mass is 19.1. The molecule has 1 fully saturated rings. The van der Waals surface area contributed by atoms with Crippen LogP contribution < -0.4 is 10.6 Å². The number of carbonyl (C=O) groups excluding carboxylic acids is 2. The van der Waals surface area contributed by atoms with Gasteiger partial charge in [0.25, 0.3) is 0 Å². The molecule has 0 spiro atoms. The average Bonchev–Trinajstić information content (AvgIpc) is 2.50. The summed E-state index contributed by atoms with van der Waals surface area (Å²) in [6.07, 6.45) is 5.90. The van der Waals surface area contributed by atoms with Crippen molar-refractivity contribution in [2.75, 3.05) is 6.54 Å². The Hall–Kier alpha value is -1.91. The van der Waals surface area contributed by atoms with Crippen molar-refractivity contribution in [3.05, 3.63) is 35.6 Å². The second-order valence-corrected chi connectivity index (χ2v) is 5.44. The molecule has 5 heteroatoms. The van der Waals surface area contributed by atoms with Crippen LogP contribution in [0.2, 0.25) is 0 Å². The highest BCUT2D eigenvalue weighted by Gasteiger charge is 2.19. The average molecular weight is 292 g/mol. The van der Waals surface area contributed by atoms with Crippen molar-refractivity contribution in [3.8, 4) is 0 Å². The van der Waals surface area contributed by atoms with Crippen LogP contribution in [0.25, 0.3) is 0 Å². The van der Waals surface area contributed by atoms with E-state index >= 15 is 0 Å². The third-order valence-corrected chi connectivity index (χ3v) is 3.76. The molecular weight excluding hydrogens is 271 g/mol. The highest BCUT2D eigenvalue weighted by Crippen LogP contribution is 2.17. The van der Waals surface area contributed by atoms with Gasteiger partial charge in [-0.05, 0) is 37.0 Å². The van der Waals surface area contributed by atoms with Gasteiger partial charge >= 0.3 is 11.8 Å². The van der Waals surface area contributed by atoms with Gasteiger partial charge in [0.15, 0.2) is 0 Å². The maximum Gasteiger partial charge on any atom is 0.309 e. The van der Waals surface area contributed by atoms with Gasteiger partial charge in [-0.1, -0.05) is 31.4 Å². The molecule has 0 heterocycles. The normalized spacial score (nSPS) is 15.5. The molecule has 1 aromatic carbocycles. The summed E-state index contributed by atoms with van der Waals surface area (Å²) in [5, 5.41) is 5.36. The van der Waals surface area contributed by atoms with Crippen molar-refractivity contribution in [2.24, 2.45) is 0 Å². The zero-order valence-electron chi connectivity index (χ0n) is 12.0. The highest BCUT2D eigenvalue weighted by molar-refractivity contribution is 6.35. The quantitative estimate of drug-likeness (QED) is 0.833. The number of halogens is 1. The Morgan fingerprint density at radius 2 is 1.71 bits per heavy atom. The Labute approximate surface area is 124 Å². The lowest BCUT2D eigenvalue weighted by Crippen LogP contribution is -2.45. The van der Waals surface area contributed by atoms with Crippen LogP contribution >= 0.6 is 0 Å². The molecule has 1 aromatic rings. The summed E-state index contributed by atoms with van der Waals surface area (Å²) in [5.41, 5.74) is 0.921. The number of carbonyl (C=O) groups is 2. The molecule has 0 radical (unpaired) electrons. The number of rotatable bonds is 4. The van der Waals surface area contributed by atoms with Crippen molar-refractivity contribution in [1.82, 2.24) is 10.6 Å². The second-order valence-electron chi connectivity index (χ2n) is 5.44. The first-order valence-electron chi connectivity index (χ1n) is 7.48. The summed E-state index contributed by atoms with van der Waals surface area (Å²) >= 11 is 0. The summed E-state index contributed by atoms with van der Waals surface area (Å²) in [6.45, 7) is 0.364. The van der Waals surface area contributed by atoms with Gasteiger partial charge in [0.05, 0.1) is 0 Å². The van der Waals surface area contributed by atoms with Crippen molar-refractivity contribution in [3.63, 3.8) is 0 Å². The maximum atomic E-state index is 12.7. The third kappa shape index (κ3) is 5.17. The molecule has 4 nitrogen and oxygen atoms in total. The molecule has 0 unspecified atom stereocenters. The fraction of sp³-hybridized carbons (Fsp3) is 0.500. The first kappa shape index (κ1) is 15.5. The fourth-order valence-electron chi connectivity index (χ4n) is 2.55. The molecule has 0 aromatic heterocycles. The van der Waals surface area contributed by atoms with Crippen LogP contribution in [0.5, 0.6) is 0 Å². The maximum absolute atomic E-state index is 12.7. The molecule has 1 aliphatic rings. The minimum absolute atomic E-state index is 0.133. The lowest BCUT2D eigenvalue weighted by Gasteiger charge is -2.22. The molecule has 2 rings (SSSR count). The Kier molecular flexibility index (Phi) is 5.72. The molecule has 2 amide bonds. The van der Waals surface area contributed by atoms with Crippen LogP contribution in [-0.2, 0) is 16.0 Å². The van der Waals surface area contributed by atoms with Crippen LogP contribution in [0.3, 0.4) is 0 Å². The summed E-state index contributed by atoms with van der Waals surface area (Å²) in [6, 6.07) is 6.24. The minimum atomic E-state index is -0.595. The smallest absolute Gasteiger partial charge is 0.309 e. The van der Waals surface area contributed by atoms with E-state index in [4.69, 9.17) is 0 Å². The van der Waals surface area contributed by atoms with E-state index in [1.807, 2.05) is 0 Å². The standard InChI is InChI=1S/C16H21FN2O2/c17-13-8-6-12(7-9-13)10-11-18-15(20)16(21)19-14-4-2-1-3-5-14/h6-9,14H,1-5,10-11H2,(H,18,20)(H,19,21). The van der Waals surface area contributed by atoms with Crippen molar-refractivity contribution >= 4 is 11.8 Å². The fourth-order valence-corrected chi connectivity index (χ4v) is 2.55. The van der Waals surface area contributed by atoms with E-state index in [1.165, 1.54) is 18.6 Å². The van der Waals surface area contributed by atoms with Crippen molar-refractivity contribution < 1.29 is 14.0 Å². The minimum Gasteiger partial charge on any atom is -0.348 e. The van der Waals surface area contributed by atoms with Crippen LogP contribution in [0.1, 0.15) is 37.7 Å². The van der Waals surface area contributed by atoms with Gasteiger partial charge in [-0.2, -0.15) is 0 Å². The summed E-state index contributed by atoms with van der Waals surface area (Å²) in [5.74, 6) is -1.43. The lowest BCUT2D eigenvalue weighted by atomic mass is 9.95. The monoisotopic (exact) mass is 292 g/mol. The molecule has 2 N–H and O–H groups in total. The number of amides is 2. The van der Waals surface area contributed by atoms with E-state index in [9.17, 15) is 14.0 Å². The molecular formula is C16H21FN2O2. The van der Waals surface area contributed by atoms with Gasteiger partial charge in [0.1, 0.15) is 5.82 Å². The van der Waals surface area contributed by atoms with Gasteiger partial charge in [-0.25, -0.2) is 4.39 Å². The van der Waals surface area contributed by atoms with Gasteiger partial charge in [-0.15, -0.1) is 0 Å². The molecule has 0 aliphatic heterocycles. The predicted molar refractivity (Wildman–Crippen MR) is 78.1 cm³/mol. The summed E-state index contributed by atoms with van der Waals surface area (Å²) in [4.78, 5) is 23.4. The first-order chi connectivity index (χ1) is 10.1. The van der Waals surface area contributed by atoms with E-state index in [0.29, 0.717) is 13.0 Å². The van der Waals surface area contributed by atoms with Gasteiger partial charge in [0.2, 0.25) is 0 Å². The number of hydrogen-bond donors (Lipinski definition) is 2. The zero-order valence-corrected chi connectivity index (χ0v) is 12.0. The van der Waals surface area contributed by atoms with E-state index in [2.05, 4.69) is 10.6 Å². The first-order valence-corrected chi connectivity index (χ1v) is 7.48. The molecule has 21 heavy (non-hydrogen) atoms. The Morgan fingerprint density at radius 3 is 2.38 bits per heavy atom. The van der Waals surface area contributed by atoms with E-state index in [0.717, 1.165) is 31.2 Å². The van der Waals surface area contributed by atoms with Crippen LogP contribution in [0.4, 0.5) is 4.39 Å². The molecule has 0 bridgehead atoms.